The van der Waals surface area contributed by atoms with E-state index in [-0.39, 0.29) is 11.7 Å². The number of rotatable bonds is 3. The number of hydrogen-bond acceptors (Lipinski definition) is 2. The normalized spacial score (nSPS) is 16.6. The number of piperidine rings is 1. The second kappa shape index (κ2) is 6.07. The zero-order valence-electron chi connectivity index (χ0n) is 13.1. The summed E-state index contributed by atoms with van der Waals surface area (Å²) in [6.45, 7) is 5.69. The fraction of sp³-hybridized carbons (Fsp3) is 0.529. The highest BCUT2D eigenvalue weighted by Crippen LogP contribution is 2.28. The zero-order valence-corrected chi connectivity index (χ0v) is 13.1. The number of imidazole rings is 1. The molecule has 3 rings (SSSR count). The van der Waals surface area contributed by atoms with Crippen LogP contribution in [0.1, 0.15) is 44.9 Å². The molecule has 2 heterocycles. The van der Waals surface area contributed by atoms with Gasteiger partial charge in [-0.3, -0.25) is 4.79 Å². The standard InChI is InChI=1S/C17H22FN3O/c1-11(2)9-16(22)21-7-5-12(6-8-21)17-19-14-4-3-13(18)10-15(14)20-17/h3-4,10-12H,5-9H2,1-2H3,(H,19,20). The molecule has 4 nitrogen and oxygen atoms in total. The molecule has 0 aliphatic carbocycles. The number of carbonyl (C=O) groups is 1. The van der Waals surface area contributed by atoms with E-state index < -0.39 is 0 Å². The molecule has 118 valence electrons. The van der Waals surface area contributed by atoms with Gasteiger partial charge >= 0.3 is 0 Å². The highest BCUT2D eigenvalue weighted by molar-refractivity contribution is 5.76. The minimum atomic E-state index is -0.253. The first-order valence-electron chi connectivity index (χ1n) is 7.96. The van der Waals surface area contributed by atoms with E-state index >= 15 is 0 Å². The van der Waals surface area contributed by atoms with Crippen molar-refractivity contribution >= 4 is 16.9 Å². The van der Waals surface area contributed by atoms with Gasteiger partial charge in [-0.2, -0.15) is 0 Å². The summed E-state index contributed by atoms with van der Waals surface area (Å²) < 4.78 is 13.2. The summed E-state index contributed by atoms with van der Waals surface area (Å²) in [5, 5.41) is 0. The van der Waals surface area contributed by atoms with Crippen LogP contribution in [0.2, 0.25) is 0 Å². The summed E-state index contributed by atoms with van der Waals surface area (Å²) in [5.41, 5.74) is 1.54. The van der Waals surface area contributed by atoms with Crippen LogP contribution in [0.5, 0.6) is 0 Å². The number of halogens is 1. The third-order valence-electron chi connectivity index (χ3n) is 4.28. The molecule has 0 atom stereocenters. The summed E-state index contributed by atoms with van der Waals surface area (Å²) in [6.07, 6.45) is 2.44. The number of nitrogens with one attached hydrogen (secondary N) is 1. The average molecular weight is 303 g/mol. The number of fused-ring (bicyclic) bond motifs is 1. The quantitative estimate of drug-likeness (QED) is 0.944. The molecule has 2 aromatic rings. The van der Waals surface area contributed by atoms with E-state index in [1.165, 1.54) is 12.1 Å². The Morgan fingerprint density at radius 3 is 2.82 bits per heavy atom. The molecular formula is C17H22FN3O. The summed E-state index contributed by atoms with van der Waals surface area (Å²) in [5.74, 6) is 1.63. The molecule has 1 aliphatic heterocycles. The van der Waals surface area contributed by atoms with Crippen LogP contribution in [0.3, 0.4) is 0 Å². The van der Waals surface area contributed by atoms with Crippen LogP contribution < -0.4 is 0 Å². The Hall–Kier alpha value is -1.91. The van der Waals surface area contributed by atoms with Crippen molar-refractivity contribution in [1.82, 2.24) is 14.9 Å². The van der Waals surface area contributed by atoms with Gasteiger partial charge in [-0.15, -0.1) is 0 Å². The molecule has 0 bridgehead atoms. The van der Waals surface area contributed by atoms with Gasteiger partial charge in [0.25, 0.3) is 0 Å². The molecule has 1 saturated heterocycles. The van der Waals surface area contributed by atoms with Crippen LogP contribution >= 0.6 is 0 Å². The van der Waals surface area contributed by atoms with Crippen LogP contribution in [0.4, 0.5) is 4.39 Å². The van der Waals surface area contributed by atoms with E-state index in [4.69, 9.17) is 0 Å². The summed E-state index contributed by atoms with van der Waals surface area (Å²) >= 11 is 0. The monoisotopic (exact) mass is 303 g/mol. The maximum atomic E-state index is 13.2. The Morgan fingerprint density at radius 1 is 1.41 bits per heavy atom. The lowest BCUT2D eigenvalue weighted by molar-refractivity contribution is -0.133. The van der Waals surface area contributed by atoms with E-state index in [0.717, 1.165) is 42.8 Å². The first-order chi connectivity index (χ1) is 10.5. The maximum absolute atomic E-state index is 13.2. The Balaban J connectivity index is 1.66. The number of benzene rings is 1. The topological polar surface area (TPSA) is 49.0 Å². The van der Waals surface area contributed by atoms with Crippen molar-refractivity contribution in [3.63, 3.8) is 0 Å². The Labute approximate surface area is 129 Å². The predicted molar refractivity (Wildman–Crippen MR) is 84.1 cm³/mol. The summed E-state index contributed by atoms with van der Waals surface area (Å²) in [6, 6.07) is 4.61. The van der Waals surface area contributed by atoms with Gasteiger partial charge in [-0.25, -0.2) is 9.37 Å². The van der Waals surface area contributed by atoms with Crippen LogP contribution in [0.25, 0.3) is 11.0 Å². The lowest BCUT2D eigenvalue weighted by Crippen LogP contribution is -2.38. The number of nitrogens with zero attached hydrogens (tertiary/aromatic N) is 2. The fourth-order valence-electron chi connectivity index (χ4n) is 3.08. The first kappa shape index (κ1) is 15.0. The van der Waals surface area contributed by atoms with Crippen molar-refractivity contribution in [3.05, 3.63) is 29.8 Å². The largest absolute Gasteiger partial charge is 0.343 e. The second-order valence-electron chi connectivity index (χ2n) is 6.54. The van der Waals surface area contributed by atoms with E-state index in [1.54, 1.807) is 6.07 Å². The molecule has 1 aromatic carbocycles. The van der Waals surface area contributed by atoms with Crippen molar-refractivity contribution in [1.29, 1.82) is 0 Å². The van der Waals surface area contributed by atoms with Crippen LogP contribution in [0, 0.1) is 11.7 Å². The highest BCUT2D eigenvalue weighted by Gasteiger charge is 2.25. The molecular weight excluding hydrogens is 281 g/mol. The molecule has 0 saturated carbocycles. The zero-order chi connectivity index (χ0) is 15.7. The molecule has 1 N–H and O–H groups in total. The van der Waals surface area contributed by atoms with Gasteiger partial charge in [-0.1, -0.05) is 13.8 Å². The number of carbonyl (C=O) groups excluding carboxylic acids is 1. The third-order valence-corrected chi connectivity index (χ3v) is 4.28. The molecule has 22 heavy (non-hydrogen) atoms. The van der Waals surface area contributed by atoms with Crippen molar-refractivity contribution < 1.29 is 9.18 Å². The van der Waals surface area contributed by atoms with Crippen LogP contribution in [0.15, 0.2) is 18.2 Å². The maximum Gasteiger partial charge on any atom is 0.222 e. The van der Waals surface area contributed by atoms with E-state index in [0.29, 0.717) is 18.3 Å². The Morgan fingerprint density at radius 2 is 2.14 bits per heavy atom. The smallest absolute Gasteiger partial charge is 0.222 e. The van der Waals surface area contributed by atoms with Crippen molar-refractivity contribution in [3.8, 4) is 0 Å². The van der Waals surface area contributed by atoms with Crippen molar-refractivity contribution in [2.24, 2.45) is 5.92 Å². The minimum Gasteiger partial charge on any atom is -0.343 e. The molecule has 0 radical (unpaired) electrons. The molecule has 1 aliphatic rings. The third kappa shape index (κ3) is 3.13. The number of amides is 1. The molecule has 1 aromatic heterocycles. The van der Waals surface area contributed by atoms with E-state index in [9.17, 15) is 9.18 Å². The van der Waals surface area contributed by atoms with Gasteiger partial charge in [0.1, 0.15) is 11.6 Å². The molecule has 0 unspecified atom stereocenters. The van der Waals surface area contributed by atoms with Crippen LogP contribution in [-0.2, 0) is 4.79 Å². The number of H-pyrrole nitrogens is 1. The van der Waals surface area contributed by atoms with Gasteiger partial charge in [0.2, 0.25) is 5.91 Å². The average Bonchev–Trinajstić information content (AvgIpc) is 2.89. The van der Waals surface area contributed by atoms with Gasteiger partial charge in [0.15, 0.2) is 0 Å². The molecule has 5 heteroatoms. The number of aromatic amines is 1. The number of aromatic nitrogens is 2. The first-order valence-corrected chi connectivity index (χ1v) is 7.96. The van der Waals surface area contributed by atoms with Gasteiger partial charge in [-0.05, 0) is 37.0 Å². The number of likely N-dealkylation sites (tertiary alicyclic amines) is 1. The van der Waals surface area contributed by atoms with Crippen LogP contribution in [-0.4, -0.2) is 33.9 Å². The minimum absolute atomic E-state index is 0.250. The predicted octanol–water partition coefficient (Wildman–Crippen LogP) is 3.45. The molecule has 1 amide bonds. The Kier molecular flexibility index (Phi) is 4.14. The van der Waals surface area contributed by atoms with Crippen molar-refractivity contribution in [2.75, 3.05) is 13.1 Å². The van der Waals surface area contributed by atoms with E-state index in [2.05, 4.69) is 23.8 Å². The van der Waals surface area contributed by atoms with Gasteiger partial charge in [0.05, 0.1) is 11.0 Å². The van der Waals surface area contributed by atoms with Gasteiger partial charge < -0.3 is 9.88 Å². The molecule has 0 spiro atoms. The van der Waals surface area contributed by atoms with Crippen molar-refractivity contribution in [2.45, 2.75) is 39.0 Å². The fourth-order valence-corrected chi connectivity index (χ4v) is 3.08. The van der Waals surface area contributed by atoms with E-state index in [1.807, 2.05) is 4.90 Å². The molecule has 1 fully saturated rings. The summed E-state index contributed by atoms with van der Waals surface area (Å²) in [7, 11) is 0. The van der Waals surface area contributed by atoms with Gasteiger partial charge in [0, 0.05) is 25.4 Å². The lowest BCUT2D eigenvalue weighted by atomic mass is 9.95. The summed E-state index contributed by atoms with van der Waals surface area (Å²) in [4.78, 5) is 21.8. The number of hydrogen-bond donors (Lipinski definition) is 1. The lowest BCUT2D eigenvalue weighted by Gasteiger charge is -2.31. The highest BCUT2D eigenvalue weighted by atomic mass is 19.1. The Bertz CT molecular complexity index is 672. The SMILES string of the molecule is CC(C)CC(=O)N1CCC(c2nc3ccc(F)cc3[nH]2)CC1. The second-order valence-corrected chi connectivity index (χ2v) is 6.54.